The Kier molecular flexibility index (Phi) is 8.28. The highest BCUT2D eigenvalue weighted by Gasteiger charge is 2.04. The molecule has 2 rings (SSSR count). The number of carbonyl (C=O) groups is 1. The molecule has 0 radical (unpaired) electrons. The highest BCUT2D eigenvalue weighted by atomic mass is 35.5. The van der Waals surface area contributed by atoms with Crippen LogP contribution in [0, 0.1) is 0 Å². The number of halogens is 1. The quantitative estimate of drug-likeness (QED) is 0.376. The van der Waals surface area contributed by atoms with Gasteiger partial charge in [0.1, 0.15) is 0 Å². The summed E-state index contributed by atoms with van der Waals surface area (Å²) in [6, 6.07) is 11.5. The van der Waals surface area contributed by atoms with Gasteiger partial charge in [-0.25, -0.2) is 0 Å². The fourth-order valence-corrected chi connectivity index (χ4v) is 3.08. The fourth-order valence-electron chi connectivity index (χ4n) is 2.23. The van der Waals surface area contributed by atoms with Gasteiger partial charge in [-0.15, -0.1) is 11.3 Å². The normalized spacial score (nSPS) is 11.2. The zero-order chi connectivity index (χ0) is 17.9. The van der Waals surface area contributed by atoms with Crippen LogP contribution in [-0.2, 0) is 6.42 Å². The summed E-state index contributed by atoms with van der Waals surface area (Å²) in [5, 5.41) is 12.1. The van der Waals surface area contributed by atoms with E-state index in [2.05, 4.69) is 27.0 Å². The van der Waals surface area contributed by atoms with E-state index in [0.717, 1.165) is 41.8 Å². The van der Waals surface area contributed by atoms with Crippen molar-refractivity contribution in [3.05, 3.63) is 57.2 Å². The van der Waals surface area contributed by atoms with Gasteiger partial charge >= 0.3 is 0 Å². The molecular weight excluding hydrogens is 356 g/mol. The largest absolute Gasteiger partial charge is 0.356 e. The van der Waals surface area contributed by atoms with E-state index in [-0.39, 0.29) is 5.91 Å². The molecule has 0 spiro atoms. The molecule has 25 heavy (non-hydrogen) atoms. The highest BCUT2D eigenvalue weighted by molar-refractivity contribution is 7.12. The number of nitrogens with one attached hydrogen (secondary N) is 3. The molecule has 134 valence electrons. The zero-order valence-electron chi connectivity index (χ0n) is 14.2. The summed E-state index contributed by atoms with van der Waals surface area (Å²) < 4.78 is 0. The lowest BCUT2D eigenvalue weighted by Gasteiger charge is -2.12. The molecule has 0 bridgehead atoms. The minimum Gasteiger partial charge on any atom is -0.356 e. The van der Waals surface area contributed by atoms with Gasteiger partial charge in [0.25, 0.3) is 5.91 Å². The van der Waals surface area contributed by atoms with Crippen LogP contribution in [0.5, 0.6) is 0 Å². The van der Waals surface area contributed by atoms with E-state index in [9.17, 15) is 4.79 Å². The second-order valence-corrected chi connectivity index (χ2v) is 6.78. The molecule has 3 N–H and O–H groups in total. The molecule has 1 heterocycles. The van der Waals surface area contributed by atoms with Crippen LogP contribution in [0.2, 0.25) is 5.02 Å². The summed E-state index contributed by atoms with van der Waals surface area (Å²) in [4.78, 5) is 16.7. The van der Waals surface area contributed by atoms with Gasteiger partial charge < -0.3 is 16.0 Å². The fraction of sp³-hybridized carbons (Fsp3) is 0.333. The van der Waals surface area contributed by atoms with Gasteiger partial charge in [0.05, 0.1) is 4.88 Å². The summed E-state index contributed by atoms with van der Waals surface area (Å²) in [5.41, 5.74) is 1.19. The van der Waals surface area contributed by atoms with Crippen LogP contribution in [0.3, 0.4) is 0 Å². The predicted octanol–water partition coefficient (Wildman–Crippen LogP) is 2.93. The van der Waals surface area contributed by atoms with Crippen molar-refractivity contribution in [2.75, 3.05) is 26.7 Å². The number of amides is 1. The second-order valence-electron chi connectivity index (χ2n) is 5.39. The van der Waals surface area contributed by atoms with E-state index < -0.39 is 0 Å². The number of guanidine groups is 1. The first-order valence-corrected chi connectivity index (χ1v) is 9.45. The molecule has 1 aromatic heterocycles. The van der Waals surface area contributed by atoms with Crippen LogP contribution < -0.4 is 16.0 Å². The van der Waals surface area contributed by atoms with Gasteiger partial charge in [-0.1, -0.05) is 29.8 Å². The molecule has 0 aliphatic heterocycles. The first-order chi connectivity index (χ1) is 12.2. The minimum absolute atomic E-state index is 0.0148. The van der Waals surface area contributed by atoms with Crippen molar-refractivity contribution >= 4 is 34.8 Å². The highest BCUT2D eigenvalue weighted by Crippen LogP contribution is 2.10. The third-order valence-corrected chi connectivity index (χ3v) is 4.60. The maximum Gasteiger partial charge on any atom is 0.261 e. The monoisotopic (exact) mass is 378 g/mol. The smallest absolute Gasteiger partial charge is 0.261 e. The summed E-state index contributed by atoms with van der Waals surface area (Å²) in [6.07, 6.45) is 1.70. The Morgan fingerprint density at radius 2 is 1.92 bits per heavy atom. The number of benzene rings is 1. The molecule has 0 saturated carbocycles. The molecule has 1 aromatic carbocycles. The first-order valence-electron chi connectivity index (χ1n) is 8.19. The predicted molar refractivity (Wildman–Crippen MR) is 106 cm³/mol. The Hall–Kier alpha value is -2.05. The second kappa shape index (κ2) is 10.7. The molecular formula is C18H23ClN4OS. The standard InChI is InChI=1S/C18H23ClN4OS/c1-20-18(23-11-8-14-5-2-6-15(19)13-14)22-10-4-9-21-17(24)16-7-3-12-25-16/h2-3,5-7,12-13H,4,8-11H2,1H3,(H,21,24)(H2,20,22,23). The third kappa shape index (κ3) is 7.15. The minimum atomic E-state index is -0.0148. The Morgan fingerprint density at radius 1 is 1.12 bits per heavy atom. The SMILES string of the molecule is CN=C(NCCCNC(=O)c1cccs1)NCCc1cccc(Cl)c1. The van der Waals surface area contributed by atoms with E-state index in [0.29, 0.717) is 6.54 Å². The Balaban J connectivity index is 1.58. The van der Waals surface area contributed by atoms with Crippen LogP contribution in [0.1, 0.15) is 21.7 Å². The molecule has 0 aliphatic rings. The maximum absolute atomic E-state index is 11.8. The van der Waals surface area contributed by atoms with Gasteiger partial charge in [0, 0.05) is 31.7 Å². The number of hydrogen-bond donors (Lipinski definition) is 3. The van der Waals surface area contributed by atoms with Crippen molar-refractivity contribution in [2.45, 2.75) is 12.8 Å². The van der Waals surface area contributed by atoms with Crippen molar-refractivity contribution < 1.29 is 4.79 Å². The summed E-state index contributed by atoms with van der Waals surface area (Å²) in [5.74, 6) is 0.741. The van der Waals surface area contributed by atoms with Gasteiger partial charge in [-0.05, 0) is 42.0 Å². The number of aliphatic imine (C=N–C) groups is 1. The third-order valence-electron chi connectivity index (χ3n) is 3.50. The topological polar surface area (TPSA) is 65.5 Å². The lowest BCUT2D eigenvalue weighted by molar-refractivity contribution is 0.0957. The molecule has 2 aromatic rings. The molecule has 0 fully saturated rings. The van der Waals surface area contributed by atoms with Gasteiger partial charge in [-0.3, -0.25) is 9.79 Å². The number of thiophene rings is 1. The van der Waals surface area contributed by atoms with E-state index >= 15 is 0 Å². The number of rotatable bonds is 8. The lowest BCUT2D eigenvalue weighted by atomic mass is 10.1. The van der Waals surface area contributed by atoms with Crippen molar-refractivity contribution in [3.8, 4) is 0 Å². The van der Waals surface area contributed by atoms with Crippen molar-refractivity contribution in [2.24, 2.45) is 4.99 Å². The average molecular weight is 379 g/mol. The zero-order valence-corrected chi connectivity index (χ0v) is 15.8. The van der Waals surface area contributed by atoms with E-state index in [1.165, 1.54) is 16.9 Å². The molecule has 5 nitrogen and oxygen atoms in total. The summed E-state index contributed by atoms with van der Waals surface area (Å²) in [7, 11) is 1.74. The molecule has 1 amide bonds. The van der Waals surface area contributed by atoms with Crippen molar-refractivity contribution in [1.29, 1.82) is 0 Å². The maximum atomic E-state index is 11.8. The first kappa shape index (κ1) is 19.3. The van der Waals surface area contributed by atoms with Crippen molar-refractivity contribution in [1.82, 2.24) is 16.0 Å². The molecule has 0 unspecified atom stereocenters. The van der Waals surface area contributed by atoms with Gasteiger partial charge in [0.2, 0.25) is 0 Å². The molecule has 7 heteroatoms. The number of carbonyl (C=O) groups excluding carboxylic acids is 1. The Morgan fingerprint density at radius 3 is 2.64 bits per heavy atom. The van der Waals surface area contributed by atoms with Crippen LogP contribution in [-0.4, -0.2) is 38.5 Å². The molecule has 0 atom stereocenters. The Bertz CT molecular complexity index is 688. The molecule has 0 aliphatic carbocycles. The van der Waals surface area contributed by atoms with E-state index in [1.54, 1.807) is 7.05 Å². The van der Waals surface area contributed by atoms with Gasteiger partial charge in [0.15, 0.2) is 5.96 Å². The van der Waals surface area contributed by atoms with Crippen LogP contribution in [0.4, 0.5) is 0 Å². The number of nitrogens with zero attached hydrogens (tertiary/aromatic N) is 1. The molecule has 0 saturated heterocycles. The van der Waals surface area contributed by atoms with Crippen LogP contribution in [0.25, 0.3) is 0 Å². The van der Waals surface area contributed by atoms with E-state index in [4.69, 9.17) is 11.6 Å². The van der Waals surface area contributed by atoms with Gasteiger partial charge in [-0.2, -0.15) is 0 Å². The van der Waals surface area contributed by atoms with Crippen molar-refractivity contribution in [3.63, 3.8) is 0 Å². The number of hydrogen-bond acceptors (Lipinski definition) is 3. The Labute approximate surface area is 157 Å². The summed E-state index contributed by atoms with van der Waals surface area (Å²) >= 11 is 7.43. The van der Waals surface area contributed by atoms with Crippen LogP contribution >= 0.6 is 22.9 Å². The average Bonchev–Trinajstić information content (AvgIpc) is 3.14. The van der Waals surface area contributed by atoms with Crippen LogP contribution in [0.15, 0.2) is 46.8 Å². The van der Waals surface area contributed by atoms with E-state index in [1.807, 2.05) is 35.7 Å². The lowest BCUT2D eigenvalue weighted by Crippen LogP contribution is -2.39. The summed E-state index contributed by atoms with van der Waals surface area (Å²) in [6.45, 7) is 2.14.